The van der Waals surface area contributed by atoms with Crippen LogP contribution >= 0.6 is 0 Å². The summed E-state index contributed by atoms with van der Waals surface area (Å²) in [6, 6.07) is 23.3. The van der Waals surface area contributed by atoms with Crippen molar-refractivity contribution < 1.29 is 14.3 Å². The van der Waals surface area contributed by atoms with Crippen molar-refractivity contribution in [2.24, 2.45) is 0 Å². The molecular weight excluding hydrogens is 390 g/mol. The molecule has 1 amide bonds. The van der Waals surface area contributed by atoms with E-state index in [4.69, 9.17) is 9.47 Å². The van der Waals surface area contributed by atoms with Gasteiger partial charge in [0.1, 0.15) is 11.5 Å². The minimum Gasteiger partial charge on any atom is -0.497 e. The summed E-state index contributed by atoms with van der Waals surface area (Å²) in [5, 5.41) is 3.36. The van der Waals surface area contributed by atoms with Gasteiger partial charge in [-0.05, 0) is 48.5 Å². The number of nitrogens with zero attached hydrogens (tertiary/aromatic N) is 2. The highest BCUT2D eigenvalue weighted by molar-refractivity contribution is 6.00. The van der Waals surface area contributed by atoms with Crippen LogP contribution in [0.2, 0.25) is 0 Å². The van der Waals surface area contributed by atoms with Crippen LogP contribution < -0.4 is 19.7 Å². The fourth-order valence-corrected chi connectivity index (χ4v) is 3.82. The van der Waals surface area contributed by atoms with E-state index in [0.717, 1.165) is 41.7 Å². The Morgan fingerprint density at radius 2 is 1.48 bits per heavy atom. The highest BCUT2D eigenvalue weighted by Gasteiger charge is 2.25. The van der Waals surface area contributed by atoms with E-state index in [1.54, 1.807) is 14.2 Å². The quantitative estimate of drug-likeness (QED) is 0.644. The molecule has 1 N–H and O–H groups in total. The second-order valence-corrected chi connectivity index (χ2v) is 7.35. The molecule has 0 radical (unpaired) electrons. The third kappa shape index (κ3) is 4.58. The zero-order chi connectivity index (χ0) is 21.6. The van der Waals surface area contributed by atoms with Gasteiger partial charge in [0.25, 0.3) is 5.91 Å². The highest BCUT2D eigenvalue weighted by atomic mass is 16.5. The van der Waals surface area contributed by atoms with Crippen LogP contribution in [0.4, 0.5) is 17.1 Å². The molecule has 31 heavy (non-hydrogen) atoms. The summed E-state index contributed by atoms with van der Waals surface area (Å²) >= 11 is 0. The number of rotatable bonds is 6. The number of para-hydroxylation sites is 3. The number of anilines is 3. The number of carbonyl (C=O) groups excluding carboxylic acids is 1. The average molecular weight is 418 g/mol. The monoisotopic (exact) mass is 417 g/mol. The van der Waals surface area contributed by atoms with Crippen molar-refractivity contribution in [2.45, 2.75) is 0 Å². The molecular formula is C25H27N3O3. The highest BCUT2D eigenvalue weighted by Crippen LogP contribution is 2.29. The van der Waals surface area contributed by atoms with Crippen LogP contribution in [0.25, 0.3) is 0 Å². The smallest absolute Gasteiger partial charge is 0.256 e. The third-order valence-electron chi connectivity index (χ3n) is 5.52. The van der Waals surface area contributed by atoms with Crippen LogP contribution in [0.5, 0.6) is 11.5 Å². The lowest BCUT2D eigenvalue weighted by Gasteiger charge is -2.36. The van der Waals surface area contributed by atoms with E-state index in [-0.39, 0.29) is 5.91 Å². The summed E-state index contributed by atoms with van der Waals surface area (Å²) in [6.45, 7) is 2.85. The molecule has 0 bridgehead atoms. The lowest BCUT2D eigenvalue weighted by atomic mass is 10.1. The fraction of sp³-hybridized carbons (Fsp3) is 0.240. The zero-order valence-corrected chi connectivity index (χ0v) is 17.9. The van der Waals surface area contributed by atoms with E-state index in [0.29, 0.717) is 18.7 Å². The largest absolute Gasteiger partial charge is 0.497 e. The number of methoxy groups -OCH3 is 2. The maximum Gasteiger partial charge on any atom is 0.256 e. The number of nitrogens with one attached hydrogen (secondary N) is 1. The molecule has 6 heteroatoms. The molecule has 160 valence electrons. The van der Waals surface area contributed by atoms with Crippen LogP contribution in [0.15, 0.2) is 72.8 Å². The Labute approximate surface area is 183 Å². The molecule has 1 fully saturated rings. The maximum absolute atomic E-state index is 13.3. The van der Waals surface area contributed by atoms with Gasteiger partial charge < -0.3 is 24.6 Å². The average Bonchev–Trinajstić information content (AvgIpc) is 2.84. The van der Waals surface area contributed by atoms with Crippen molar-refractivity contribution in [1.29, 1.82) is 0 Å². The first-order valence-corrected chi connectivity index (χ1v) is 10.4. The summed E-state index contributed by atoms with van der Waals surface area (Å²) in [5.74, 6) is 1.69. The van der Waals surface area contributed by atoms with Gasteiger partial charge >= 0.3 is 0 Å². The molecule has 1 heterocycles. The first-order chi connectivity index (χ1) is 15.2. The van der Waals surface area contributed by atoms with Gasteiger partial charge in [-0.15, -0.1) is 0 Å². The summed E-state index contributed by atoms with van der Waals surface area (Å²) < 4.78 is 10.7. The Kier molecular flexibility index (Phi) is 6.26. The van der Waals surface area contributed by atoms with Crippen molar-refractivity contribution in [3.8, 4) is 11.5 Å². The third-order valence-corrected chi connectivity index (χ3v) is 5.52. The number of benzene rings is 3. The molecule has 6 nitrogen and oxygen atoms in total. The van der Waals surface area contributed by atoms with Gasteiger partial charge in [-0.1, -0.05) is 24.3 Å². The van der Waals surface area contributed by atoms with Gasteiger partial charge in [0.05, 0.1) is 31.2 Å². The van der Waals surface area contributed by atoms with E-state index in [2.05, 4.69) is 16.3 Å². The van der Waals surface area contributed by atoms with Crippen LogP contribution in [0.3, 0.4) is 0 Å². The Bertz CT molecular complexity index is 1030. The van der Waals surface area contributed by atoms with Crippen molar-refractivity contribution in [1.82, 2.24) is 4.90 Å². The Morgan fingerprint density at radius 1 is 0.806 bits per heavy atom. The van der Waals surface area contributed by atoms with E-state index in [1.165, 1.54) is 0 Å². The predicted molar refractivity (Wildman–Crippen MR) is 124 cm³/mol. The molecule has 1 saturated heterocycles. The lowest BCUT2D eigenvalue weighted by molar-refractivity contribution is 0.0747. The standard InChI is InChI=1S/C25H27N3O3/c1-30-20-13-11-19(12-14-20)26-22-8-4-3-7-21(22)25(29)28-17-15-27(16-18-28)23-9-5-6-10-24(23)31-2/h3-14,26H,15-18H2,1-2H3. The van der Waals surface area contributed by atoms with Crippen molar-refractivity contribution >= 4 is 23.0 Å². The minimum atomic E-state index is 0.0382. The van der Waals surface area contributed by atoms with Gasteiger partial charge in [-0.3, -0.25) is 4.79 Å². The molecule has 0 spiro atoms. The van der Waals surface area contributed by atoms with Crippen LogP contribution in [0, 0.1) is 0 Å². The van der Waals surface area contributed by atoms with Crippen molar-refractivity contribution in [2.75, 3.05) is 50.6 Å². The Hall–Kier alpha value is -3.67. The van der Waals surface area contributed by atoms with Gasteiger partial charge in [0.2, 0.25) is 0 Å². The normalized spacial score (nSPS) is 13.6. The summed E-state index contributed by atoms with van der Waals surface area (Å²) in [6.07, 6.45) is 0. The molecule has 0 aromatic heterocycles. The number of piperazine rings is 1. The second-order valence-electron chi connectivity index (χ2n) is 7.35. The number of carbonyl (C=O) groups is 1. The van der Waals surface area contributed by atoms with Crippen molar-refractivity contribution in [3.05, 3.63) is 78.4 Å². The number of hydrogen-bond donors (Lipinski definition) is 1. The number of amides is 1. The SMILES string of the molecule is COc1ccc(Nc2ccccc2C(=O)N2CCN(c3ccccc3OC)CC2)cc1. The van der Waals surface area contributed by atoms with Crippen LogP contribution in [0.1, 0.15) is 10.4 Å². The topological polar surface area (TPSA) is 54.0 Å². The molecule has 1 aliphatic rings. The summed E-state index contributed by atoms with van der Waals surface area (Å²) in [5.41, 5.74) is 3.44. The second kappa shape index (κ2) is 9.43. The van der Waals surface area contributed by atoms with Gasteiger partial charge in [0, 0.05) is 31.9 Å². The first kappa shape index (κ1) is 20.6. The molecule has 0 aliphatic carbocycles. The Morgan fingerprint density at radius 3 is 2.19 bits per heavy atom. The predicted octanol–water partition coefficient (Wildman–Crippen LogP) is 4.41. The van der Waals surface area contributed by atoms with E-state index in [9.17, 15) is 4.79 Å². The molecule has 3 aromatic carbocycles. The Balaban J connectivity index is 1.45. The number of hydrogen-bond acceptors (Lipinski definition) is 5. The van der Waals surface area contributed by atoms with Gasteiger partial charge in [-0.2, -0.15) is 0 Å². The minimum absolute atomic E-state index is 0.0382. The first-order valence-electron chi connectivity index (χ1n) is 10.4. The van der Waals surface area contributed by atoms with Gasteiger partial charge in [-0.25, -0.2) is 0 Å². The molecule has 3 aromatic rings. The van der Waals surface area contributed by atoms with Gasteiger partial charge in [0.15, 0.2) is 0 Å². The molecule has 0 saturated carbocycles. The molecule has 1 aliphatic heterocycles. The van der Waals surface area contributed by atoms with E-state index >= 15 is 0 Å². The van der Waals surface area contributed by atoms with E-state index < -0.39 is 0 Å². The summed E-state index contributed by atoms with van der Waals surface area (Å²) in [4.78, 5) is 17.5. The van der Waals surface area contributed by atoms with E-state index in [1.807, 2.05) is 71.6 Å². The van der Waals surface area contributed by atoms with Crippen molar-refractivity contribution in [3.63, 3.8) is 0 Å². The summed E-state index contributed by atoms with van der Waals surface area (Å²) in [7, 11) is 3.33. The molecule has 0 atom stereocenters. The maximum atomic E-state index is 13.3. The molecule has 0 unspecified atom stereocenters. The zero-order valence-electron chi connectivity index (χ0n) is 17.9. The van der Waals surface area contributed by atoms with Crippen LogP contribution in [-0.4, -0.2) is 51.2 Å². The lowest BCUT2D eigenvalue weighted by Crippen LogP contribution is -2.49. The molecule has 4 rings (SSSR count). The fourth-order valence-electron chi connectivity index (χ4n) is 3.82. The number of ether oxygens (including phenoxy) is 2. The van der Waals surface area contributed by atoms with Crippen LogP contribution in [-0.2, 0) is 0 Å².